The van der Waals surface area contributed by atoms with Gasteiger partial charge in [0, 0.05) is 17.2 Å². The lowest BCUT2D eigenvalue weighted by atomic mass is 10.2. The molecule has 0 aliphatic heterocycles. The predicted octanol–water partition coefficient (Wildman–Crippen LogP) is 1.81. The minimum atomic E-state index is -0.206. The average Bonchev–Trinajstić information content (AvgIpc) is 3.17. The molecule has 1 aliphatic rings. The van der Waals surface area contributed by atoms with Gasteiger partial charge in [-0.05, 0) is 19.1 Å². The number of anilines is 1. The van der Waals surface area contributed by atoms with E-state index in [0.717, 1.165) is 12.8 Å². The van der Waals surface area contributed by atoms with Crippen LogP contribution < -0.4 is 11.1 Å². The molecule has 104 valence electrons. The zero-order valence-electron chi connectivity index (χ0n) is 11.6. The lowest BCUT2D eigenvalue weighted by molar-refractivity contribution is 0.0948. The number of carbonyl (C=O) groups is 1. The molecule has 1 fully saturated rings. The van der Waals surface area contributed by atoms with E-state index in [9.17, 15) is 4.79 Å². The van der Waals surface area contributed by atoms with Crippen LogP contribution in [0.1, 0.15) is 48.9 Å². The van der Waals surface area contributed by atoms with Gasteiger partial charge in [-0.25, -0.2) is 9.97 Å². The monoisotopic (exact) mass is 280 g/mol. The van der Waals surface area contributed by atoms with E-state index in [4.69, 9.17) is 5.73 Å². The van der Waals surface area contributed by atoms with Crippen molar-refractivity contribution in [3.8, 4) is 0 Å². The Hall–Kier alpha value is -1.30. The summed E-state index contributed by atoms with van der Waals surface area (Å²) in [5.74, 6) is 0.612. The number of aromatic nitrogens is 2. The number of nitrogens with one attached hydrogen (secondary N) is 1. The topological polar surface area (TPSA) is 80.9 Å². The zero-order chi connectivity index (χ0) is 14.0. The molecular weight excluding hydrogens is 260 g/mol. The van der Waals surface area contributed by atoms with Gasteiger partial charge in [0.25, 0.3) is 5.91 Å². The third kappa shape index (κ3) is 3.18. The van der Waals surface area contributed by atoms with Crippen molar-refractivity contribution in [3.05, 3.63) is 17.7 Å². The van der Waals surface area contributed by atoms with E-state index >= 15 is 0 Å². The number of nitrogens with zero attached hydrogens (tertiary/aromatic N) is 2. The summed E-state index contributed by atoms with van der Waals surface area (Å²) in [5.41, 5.74) is 6.40. The molecule has 0 bridgehead atoms. The lowest BCUT2D eigenvalue weighted by Crippen LogP contribution is -2.33. The van der Waals surface area contributed by atoms with Crippen LogP contribution in [-0.2, 0) is 0 Å². The van der Waals surface area contributed by atoms with E-state index in [1.807, 2.05) is 25.6 Å². The fraction of sp³-hybridized carbons (Fsp3) is 0.615. The molecule has 1 aliphatic carbocycles. The summed E-state index contributed by atoms with van der Waals surface area (Å²) >= 11 is 1.81. The number of amides is 1. The Morgan fingerprint density at radius 3 is 2.79 bits per heavy atom. The summed E-state index contributed by atoms with van der Waals surface area (Å²) in [5, 5.41) is 2.93. The maximum atomic E-state index is 12.1. The molecule has 19 heavy (non-hydrogen) atoms. The Balaban J connectivity index is 2.07. The number of nitrogens with two attached hydrogens (primary N) is 1. The number of nitrogen functional groups attached to an aromatic ring is 1. The van der Waals surface area contributed by atoms with Gasteiger partial charge in [-0.1, -0.05) is 13.8 Å². The van der Waals surface area contributed by atoms with E-state index in [1.54, 1.807) is 0 Å². The maximum Gasteiger partial charge on any atom is 0.272 e. The second-order valence-electron chi connectivity index (χ2n) is 5.26. The van der Waals surface area contributed by atoms with Crippen LogP contribution in [0.2, 0.25) is 0 Å². The Labute approximate surface area is 117 Å². The molecule has 1 heterocycles. The molecule has 1 aromatic heterocycles. The molecule has 6 heteroatoms. The molecule has 1 amide bonds. The van der Waals surface area contributed by atoms with Crippen LogP contribution in [0.25, 0.3) is 0 Å². The molecule has 1 aromatic rings. The standard InChI is InChI=1S/C13H20N4OS/c1-8(2)11-15-6-9(14)10(17-11)12(18)16-7-13(19-3)4-5-13/h6,8H,4-5,7,14H2,1-3H3,(H,16,18). The van der Waals surface area contributed by atoms with Gasteiger partial charge in [0.15, 0.2) is 5.69 Å². The van der Waals surface area contributed by atoms with Gasteiger partial charge in [0.1, 0.15) is 5.82 Å². The first-order chi connectivity index (χ1) is 8.97. The van der Waals surface area contributed by atoms with Crippen LogP contribution in [0.3, 0.4) is 0 Å². The van der Waals surface area contributed by atoms with Crippen LogP contribution in [0, 0.1) is 0 Å². The summed E-state index contributed by atoms with van der Waals surface area (Å²) in [4.78, 5) is 20.5. The molecule has 0 aromatic carbocycles. The van der Waals surface area contributed by atoms with Crippen molar-refractivity contribution < 1.29 is 4.79 Å². The molecule has 3 N–H and O–H groups in total. The Bertz CT molecular complexity index is 486. The Morgan fingerprint density at radius 1 is 1.58 bits per heavy atom. The number of rotatable bonds is 5. The first kappa shape index (κ1) is 14.1. The summed E-state index contributed by atoms with van der Waals surface area (Å²) in [7, 11) is 0. The van der Waals surface area contributed by atoms with Gasteiger partial charge in [-0.3, -0.25) is 4.79 Å². The van der Waals surface area contributed by atoms with E-state index in [-0.39, 0.29) is 22.3 Å². The summed E-state index contributed by atoms with van der Waals surface area (Å²) in [6.45, 7) is 4.65. The minimum Gasteiger partial charge on any atom is -0.396 e. The highest BCUT2D eigenvalue weighted by Crippen LogP contribution is 2.46. The van der Waals surface area contributed by atoms with E-state index < -0.39 is 0 Å². The van der Waals surface area contributed by atoms with Gasteiger partial charge in [-0.2, -0.15) is 11.8 Å². The normalized spacial score (nSPS) is 16.4. The van der Waals surface area contributed by atoms with E-state index in [0.29, 0.717) is 18.1 Å². The van der Waals surface area contributed by atoms with Gasteiger partial charge in [-0.15, -0.1) is 0 Å². The number of carbonyl (C=O) groups excluding carboxylic acids is 1. The van der Waals surface area contributed by atoms with Crippen molar-refractivity contribution in [1.29, 1.82) is 0 Å². The van der Waals surface area contributed by atoms with Crippen molar-refractivity contribution >= 4 is 23.4 Å². The van der Waals surface area contributed by atoms with Crippen LogP contribution >= 0.6 is 11.8 Å². The van der Waals surface area contributed by atoms with Crippen LogP contribution in [0.5, 0.6) is 0 Å². The third-order valence-corrected chi connectivity index (χ3v) is 4.80. The highest BCUT2D eigenvalue weighted by molar-refractivity contribution is 8.00. The van der Waals surface area contributed by atoms with Crippen molar-refractivity contribution in [3.63, 3.8) is 0 Å². The van der Waals surface area contributed by atoms with Crippen molar-refractivity contribution in [2.24, 2.45) is 0 Å². The molecular formula is C13H20N4OS. The van der Waals surface area contributed by atoms with Crippen LogP contribution in [0.15, 0.2) is 6.20 Å². The minimum absolute atomic E-state index is 0.174. The predicted molar refractivity (Wildman–Crippen MR) is 78.3 cm³/mol. The zero-order valence-corrected chi connectivity index (χ0v) is 12.4. The summed E-state index contributed by atoms with van der Waals surface area (Å²) in [6, 6.07) is 0. The highest BCUT2D eigenvalue weighted by Gasteiger charge is 2.42. The fourth-order valence-electron chi connectivity index (χ4n) is 1.78. The second-order valence-corrected chi connectivity index (χ2v) is 6.53. The number of hydrogen-bond acceptors (Lipinski definition) is 5. The van der Waals surface area contributed by atoms with Crippen molar-refractivity contribution in [2.45, 2.75) is 37.4 Å². The summed E-state index contributed by atoms with van der Waals surface area (Å²) < 4.78 is 0.234. The van der Waals surface area contributed by atoms with Crippen LogP contribution in [0.4, 0.5) is 5.69 Å². The van der Waals surface area contributed by atoms with E-state index in [2.05, 4.69) is 21.5 Å². The Morgan fingerprint density at radius 2 is 2.26 bits per heavy atom. The number of hydrogen-bond donors (Lipinski definition) is 2. The molecule has 1 saturated carbocycles. The lowest BCUT2D eigenvalue weighted by Gasteiger charge is -2.14. The van der Waals surface area contributed by atoms with E-state index in [1.165, 1.54) is 6.20 Å². The van der Waals surface area contributed by atoms with Crippen molar-refractivity contribution in [1.82, 2.24) is 15.3 Å². The fourth-order valence-corrected chi connectivity index (χ4v) is 2.51. The highest BCUT2D eigenvalue weighted by atomic mass is 32.2. The summed E-state index contributed by atoms with van der Waals surface area (Å²) in [6.07, 6.45) is 5.91. The smallest absolute Gasteiger partial charge is 0.272 e. The first-order valence-corrected chi connectivity index (χ1v) is 7.66. The second kappa shape index (κ2) is 5.36. The molecule has 0 unspecified atom stereocenters. The van der Waals surface area contributed by atoms with Crippen molar-refractivity contribution in [2.75, 3.05) is 18.5 Å². The quantitative estimate of drug-likeness (QED) is 0.859. The Kier molecular flexibility index (Phi) is 3.99. The maximum absolute atomic E-state index is 12.1. The van der Waals surface area contributed by atoms with Crippen LogP contribution in [-0.4, -0.2) is 33.4 Å². The van der Waals surface area contributed by atoms with Gasteiger partial charge >= 0.3 is 0 Å². The van der Waals surface area contributed by atoms with Gasteiger partial charge < -0.3 is 11.1 Å². The molecule has 0 spiro atoms. The molecule has 0 saturated heterocycles. The number of thioether (sulfide) groups is 1. The van der Waals surface area contributed by atoms with Gasteiger partial charge in [0.05, 0.1) is 11.9 Å². The average molecular weight is 280 g/mol. The molecule has 0 atom stereocenters. The molecule has 5 nitrogen and oxygen atoms in total. The third-order valence-electron chi connectivity index (χ3n) is 3.38. The largest absolute Gasteiger partial charge is 0.396 e. The first-order valence-electron chi connectivity index (χ1n) is 6.43. The molecule has 0 radical (unpaired) electrons. The molecule has 2 rings (SSSR count). The van der Waals surface area contributed by atoms with Gasteiger partial charge in [0.2, 0.25) is 0 Å². The SMILES string of the molecule is CSC1(CNC(=O)c2nc(C(C)C)ncc2N)CC1.